The monoisotopic (exact) mass is 214 g/mol. The van der Waals surface area contributed by atoms with Crippen molar-refractivity contribution in [2.45, 2.75) is 45.1 Å². The molecule has 0 saturated heterocycles. The number of aliphatic hydroxyl groups is 1. The summed E-state index contributed by atoms with van der Waals surface area (Å²) in [5.41, 5.74) is 4.43. The third-order valence-corrected chi connectivity index (χ3v) is 3.64. The lowest BCUT2D eigenvalue weighted by atomic mass is 9.79. The zero-order valence-corrected chi connectivity index (χ0v) is 9.68. The number of carbonyl (C=O) groups excluding carboxylic acids is 1. The van der Waals surface area contributed by atoms with Crippen LogP contribution in [0.4, 0.5) is 0 Å². The fraction of sp³-hybridized carbons (Fsp3) is 0.909. The van der Waals surface area contributed by atoms with Gasteiger partial charge in [-0.05, 0) is 32.6 Å². The fourth-order valence-corrected chi connectivity index (χ4v) is 1.62. The summed E-state index contributed by atoms with van der Waals surface area (Å²) in [6.45, 7) is 4.51. The van der Waals surface area contributed by atoms with Gasteiger partial charge in [0, 0.05) is 13.1 Å². The minimum absolute atomic E-state index is 0.0483. The summed E-state index contributed by atoms with van der Waals surface area (Å²) in [6, 6.07) is 0. The lowest BCUT2D eigenvalue weighted by molar-refractivity contribution is -0.132. The van der Waals surface area contributed by atoms with Crippen molar-refractivity contribution in [1.29, 1.82) is 0 Å². The van der Waals surface area contributed by atoms with E-state index >= 15 is 0 Å². The molecule has 88 valence electrons. The molecule has 0 aliphatic heterocycles. The average molecular weight is 214 g/mol. The highest BCUT2D eigenvalue weighted by atomic mass is 16.3. The third-order valence-electron chi connectivity index (χ3n) is 3.64. The van der Waals surface area contributed by atoms with Crippen molar-refractivity contribution in [2.75, 3.05) is 13.1 Å². The van der Waals surface area contributed by atoms with Gasteiger partial charge in [-0.1, -0.05) is 6.92 Å². The molecule has 1 amide bonds. The number of hydrogen-bond acceptors (Lipinski definition) is 3. The van der Waals surface area contributed by atoms with Crippen LogP contribution in [0.1, 0.15) is 39.5 Å². The van der Waals surface area contributed by atoms with E-state index in [2.05, 4.69) is 5.32 Å². The molecule has 0 radical (unpaired) electrons. The summed E-state index contributed by atoms with van der Waals surface area (Å²) in [6.07, 6.45) is 3.35. The molecular formula is C11H22N2O2. The normalized spacial score (nSPS) is 22.7. The molecule has 1 aliphatic carbocycles. The van der Waals surface area contributed by atoms with Gasteiger partial charge in [0.25, 0.3) is 0 Å². The number of amides is 1. The smallest absolute Gasteiger partial charge is 0.227 e. The molecular weight excluding hydrogens is 192 g/mol. The number of nitrogens with one attached hydrogen (secondary N) is 1. The van der Waals surface area contributed by atoms with E-state index in [1.54, 1.807) is 0 Å². The Labute approximate surface area is 91.2 Å². The van der Waals surface area contributed by atoms with Crippen molar-refractivity contribution in [2.24, 2.45) is 11.1 Å². The molecule has 1 atom stereocenters. The Morgan fingerprint density at radius 3 is 2.53 bits per heavy atom. The van der Waals surface area contributed by atoms with Crippen LogP contribution in [0.5, 0.6) is 0 Å². The second-order valence-electron chi connectivity index (χ2n) is 4.88. The van der Waals surface area contributed by atoms with Crippen molar-refractivity contribution >= 4 is 5.91 Å². The Balaban J connectivity index is 2.41. The van der Waals surface area contributed by atoms with Crippen molar-refractivity contribution < 1.29 is 9.90 Å². The van der Waals surface area contributed by atoms with Crippen molar-refractivity contribution in [3.8, 4) is 0 Å². The van der Waals surface area contributed by atoms with Gasteiger partial charge in [0.2, 0.25) is 5.91 Å². The van der Waals surface area contributed by atoms with Crippen molar-refractivity contribution in [3.05, 3.63) is 0 Å². The Kier molecular flexibility index (Phi) is 3.73. The van der Waals surface area contributed by atoms with Gasteiger partial charge in [-0.3, -0.25) is 4.79 Å². The van der Waals surface area contributed by atoms with Crippen LogP contribution in [0.2, 0.25) is 0 Å². The summed E-state index contributed by atoms with van der Waals surface area (Å²) in [4.78, 5) is 11.8. The molecule has 1 rings (SSSR count). The minimum atomic E-state index is -0.654. The highest BCUT2D eigenvalue weighted by Gasteiger charge is 2.36. The highest BCUT2D eigenvalue weighted by Crippen LogP contribution is 2.31. The molecule has 0 heterocycles. The molecule has 0 spiro atoms. The van der Waals surface area contributed by atoms with Crippen LogP contribution >= 0.6 is 0 Å². The van der Waals surface area contributed by atoms with E-state index in [0.717, 1.165) is 19.3 Å². The van der Waals surface area contributed by atoms with Gasteiger partial charge in [0.15, 0.2) is 0 Å². The number of carbonyl (C=O) groups is 1. The molecule has 0 bridgehead atoms. The molecule has 0 aromatic rings. The number of nitrogens with two attached hydrogens (primary N) is 1. The van der Waals surface area contributed by atoms with E-state index in [4.69, 9.17) is 5.73 Å². The van der Waals surface area contributed by atoms with Gasteiger partial charge in [-0.2, -0.15) is 0 Å². The number of hydrogen-bond donors (Lipinski definition) is 3. The molecule has 1 fully saturated rings. The van der Waals surface area contributed by atoms with Crippen LogP contribution in [-0.2, 0) is 4.79 Å². The first-order valence-electron chi connectivity index (χ1n) is 5.66. The summed E-state index contributed by atoms with van der Waals surface area (Å²) >= 11 is 0. The van der Waals surface area contributed by atoms with Crippen LogP contribution < -0.4 is 11.1 Å². The quantitative estimate of drug-likeness (QED) is 0.620. The summed E-state index contributed by atoms with van der Waals surface area (Å²) in [7, 11) is 0. The molecule has 1 saturated carbocycles. The number of rotatable bonds is 5. The van der Waals surface area contributed by atoms with Crippen LogP contribution in [0.3, 0.4) is 0 Å². The summed E-state index contributed by atoms with van der Waals surface area (Å²) in [5.74, 6) is -0.0483. The minimum Gasteiger partial charge on any atom is -0.388 e. The van der Waals surface area contributed by atoms with Gasteiger partial charge >= 0.3 is 0 Å². The van der Waals surface area contributed by atoms with E-state index in [1.165, 1.54) is 0 Å². The van der Waals surface area contributed by atoms with Gasteiger partial charge in [0.05, 0.1) is 11.0 Å². The van der Waals surface area contributed by atoms with E-state index in [0.29, 0.717) is 19.5 Å². The zero-order chi connectivity index (χ0) is 11.5. The lowest BCUT2D eigenvalue weighted by Gasteiger charge is -2.37. The molecule has 0 aromatic heterocycles. The zero-order valence-electron chi connectivity index (χ0n) is 9.68. The second-order valence-corrected chi connectivity index (χ2v) is 4.88. The molecule has 1 aliphatic rings. The van der Waals surface area contributed by atoms with Crippen molar-refractivity contribution in [1.82, 2.24) is 5.32 Å². The maximum Gasteiger partial charge on any atom is 0.227 e. The largest absolute Gasteiger partial charge is 0.388 e. The van der Waals surface area contributed by atoms with E-state index in [9.17, 15) is 9.90 Å². The summed E-state index contributed by atoms with van der Waals surface area (Å²) in [5, 5.41) is 12.6. The molecule has 15 heavy (non-hydrogen) atoms. The molecule has 4 N–H and O–H groups in total. The van der Waals surface area contributed by atoms with Gasteiger partial charge < -0.3 is 16.2 Å². The first kappa shape index (κ1) is 12.5. The van der Waals surface area contributed by atoms with Crippen LogP contribution in [0.25, 0.3) is 0 Å². The van der Waals surface area contributed by atoms with Gasteiger partial charge in [-0.15, -0.1) is 0 Å². The van der Waals surface area contributed by atoms with Crippen LogP contribution in [0.15, 0.2) is 0 Å². The van der Waals surface area contributed by atoms with Crippen molar-refractivity contribution in [3.63, 3.8) is 0 Å². The highest BCUT2D eigenvalue weighted by molar-refractivity contribution is 5.82. The second kappa shape index (κ2) is 4.49. The Hall–Kier alpha value is -0.610. The summed E-state index contributed by atoms with van der Waals surface area (Å²) < 4.78 is 0. The molecule has 4 nitrogen and oxygen atoms in total. The topological polar surface area (TPSA) is 75.4 Å². The van der Waals surface area contributed by atoms with Crippen LogP contribution in [0, 0.1) is 5.41 Å². The maximum absolute atomic E-state index is 11.8. The standard InChI is InChI=1S/C11H22N2O2/c1-3-10(2,7-12)9(14)13-8-11(15)5-4-6-11/h15H,3-8,12H2,1-2H3,(H,13,14). The fourth-order valence-electron chi connectivity index (χ4n) is 1.62. The Bertz CT molecular complexity index is 233. The third kappa shape index (κ3) is 2.69. The molecule has 0 aromatic carbocycles. The Morgan fingerprint density at radius 1 is 1.60 bits per heavy atom. The molecule has 4 heteroatoms. The maximum atomic E-state index is 11.8. The Morgan fingerprint density at radius 2 is 2.20 bits per heavy atom. The van der Waals surface area contributed by atoms with Gasteiger partial charge in [0.1, 0.15) is 0 Å². The average Bonchev–Trinajstić information content (AvgIpc) is 2.21. The predicted octanol–water partition coefficient (Wildman–Crippen LogP) is 0.393. The first-order valence-corrected chi connectivity index (χ1v) is 5.66. The lowest BCUT2D eigenvalue weighted by Crippen LogP contribution is -2.52. The van der Waals surface area contributed by atoms with E-state index in [-0.39, 0.29) is 5.91 Å². The van der Waals surface area contributed by atoms with E-state index < -0.39 is 11.0 Å². The first-order chi connectivity index (χ1) is 6.96. The van der Waals surface area contributed by atoms with Gasteiger partial charge in [-0.25, -0.2) is 0 Å². The molecule has 1 unspecified atom stereocenters. The van der Waals surface area contributed by atoms with Crippen LogP contribution in [-0.4, -0.2) is 29.7 Å². The SMILES string of the molecule is CCC(C)(CN)C(=O)NCC1(O)CCC1. The van der Waals surface area contributed by atoms with E-state index in [1.807, 2.05) is 13.8 Å². The predicted molar refractivity (Wildman–Crippen MR) is 59.3 cm³/mol.